The van der Waals surface area contributed by atoms with Crippen molar-refractivity contribution in [3.05, 3.63) is 53.4 Å². The van der Waals surface area contributed by atoms with E-state index in [0.29, 0.717) is 17.7 Å². The van der Waals surface area contributed by atoms with Crippen LogP contribution in [0.4, 0.5) is 0 Å². The van der Waals surface area contributed by atoms with Crippen LogP contribution in [-0.2, 0) is 5.88 Å². The first-order valence-electron chi connectivity index (χ1n) is 7.45. The molecule has 3 heteroatoms. The summed E-state index contributed by atoms with van der Waals surface area (Å²) in [5.41, 5.74) is 2.38. The lowest BCUT2D eigenvalue weighted by atomic mass is 9.75. The lowest BCUT2D eigenvalue weighted by molar-refractivity contribution is 0.312. The molecule has 0 N–H and O–H groups in total. The summed E-state index contributed by atoms with van der Waals surface area (Å²) >= 11 is 5.84. The maximum Gasteiger partial charge on any atom is 0.151 e. The number of nitrogens with zero attached hydrogens (tertiary/aromatic N) is 1. The molecule has 1 aliphatic rings. The van der Waals surface area contributed by atoms with Crippen LogP contribution < -0.4 is 0 Å². The van der Waals surface area contributed by atoms with Crippen LogP contribution in [0.5, 0.6) is 0 Å². The minimum atomic E-state index is 0.345. The van der Waals surface area contributed by atoms with E-state index in [9.17, 15) is 0 Å². The molecule has 0 bridgehead atoms. The number of hydrogen-bond acceptors (Lipinski definition) is 2. The Morgan fingerprint density at radius 3 is 2.55 bits per heavy atom. The minimum absolute atomic E-state index is 0.345. The van der Waals surface area contributed by atoms with E-state index in [4.69, 9.17) is 16.1 Å². The highest BCUT2D eigenvalue weighted by Crippen LogP contribution is 2.40. The van der Waals surface area contributed by atoms with E-state index in [2.05, 4.69) is 35.5 Å². The highest BCUT2D eigenvalue weighted by atomic mass is 35.5. The Balaban J connectivity index is 1.94. The summed E-state index contributed by atoms with van der Waals surface area (Å²) in [6.07, 6.45) is 6.58. The van der Waals surface area contributed by atoms with Crippen molar-refractivity contribution in [2.45, 2.75) is 43.9 Å². The van der Waals surface area contributed by atoms with Gasteiger partial charge in [0.05, 0.1) is 11.6 Å². The summed E-state index contributed by atoms with van der Waals surface area (Å²) in [5.74, 6) is 2.16. The van der Waals surface area contributed by atoms with Crippen LogP contribution in [0.15, 0.2) is 40.9 Å². The van der Waals surface area contributed by atoms with Gasteiger partial charge in [-0.1, -0.05) is 54.8 Å². The predicted molar refractivity (Wildman–Crippen MR) is 80.9 cm³/mol. The van der Waals surface area contributed by atoms with Gasteiger partial charge in [-0.15, -0.1) is 11.6 Å². The zero-order chi connectivity index (χ0) is 13.8. The van der Waals surface area contributed by atoms with Gasteiger partial charge >= 0.3 is 0 Å². The molecule has 20 heavy (non-hydrogen) atoms. The molecular weight excluding hydrogens is 270 g/mol. The third-order valence-electron chi connectivity index (χ3n) is 4.31. The Bertz CT molecular complexity index is 531. The highest BCUT2D eigenvalue weighted by molar-refractivity contribution is 6.16. The van der Waals surface area contributed by atoms with E-state index < -0.39 is 0 Å². The van der Waals surface area contributed by atoms with Gasteiger partial charge in [0.1, 0.15) is 0 Å². The molecular formula is C17H20ClNO. The van der Waals surface area contributed by atoms with Crippen LogP contribution >= 0.6 is 11.6 Å². The molecule has 0 aliphatic heterocycles. The summed E-state index contributed by atoms with van der Waals surface area (Å²) in [6.45, 7) is 0. The molecule has 2 nitrogen and oxygen atoms in total. The quantitative estimate of drug-likeness (QED) is 0.730. The first kappa shape index (κ1) is 13.7. The molecule has 1 aliphatic carbocycles. The van der Waals surface area contributed by atoms with E-state index in [0.717, 1.165) is 11.5 Å². The van der Waals surface area contributed by atoms with Crippen molar-refractivity contribution in [3.63, 3.8) is 0 Å². The second-order valence-corrected chi connectivity index (χ2v) is 5.91. The smallest absolute Gasteiger partial charge is 0.151 e. The summed E-state index contributed by atoms with van der Waals surface area (Å²) < 4.78 is 5.33. The third-order valence-corrected chi connectivity index (χ3v) is 4.57. The van der Waals surface area contributed by atoms with Gasteiger partial charge in [-0.3, -0.25) is 0 Å². The van der Waals surface area contributed by atoms with Gasteiger partial charge in [0.15, 0.2) is 5.76 Å². The van der Waals surface area contributed by atoms with Crippen LogP contribution in [0, 0.1) is 5.92 Å². The molecule has 0 radical (unpaired) electrons. The fourth-order valence-electron chi connectivity index (χ4n) is 3.35. The molecule has 1 aromatic carbocycles. The zero-order valence-corrected chi connectivity index (χ0v) is 12.4. The van der Waals surface area contributed by atoms with Gasteiger partial charge in [0, 0.05) is 12.0 Å². The first-order chi connectivity index (χ1) is 9.88. The molecule has 3 rings (SSSR count). The number of benzene rings is 1. The Morgan fingerprint density at radius 2 is 1.90 bits per heavy atom. The first-order valence-corrected chi connectivity index (χ1v) is 7.98. The van der Waals surface area contributed by atoms with E-state index in [1.54, 1.807) is 0 Å². The number of aromatic nitrogens is 1. The van der Waals surface area contributed by atoms with Gasteiger partial charge in [-0.25, -0.2) is 0 Å². The molecule has 1 atom stereocenters. The van der Waals surface area contributed by atoms with Gasteiger partial charge in [0.25, 0.3) is 0 Å². The van der Waals surface area contributed by atoms with Crippen LogP contribution in [-0.4, -0.2) is 5.16 Å². The average Bonchev–Trinajstić information content (AvgIpc) is 2.98. The fraction of sp³-hybridized carbons (Fsp3) is 0.471. The summed E-state index contributed by atoms with van der Waals surface area (Å²) in [4.78, 5) is 0. The fourth-order valence-corrected chi connectivity index (χ4v) is 3.48. The molecule has 1 fully saturated rings. The van der Waals surface area contributed by atoms with E-state index in [1.165, 1.54) is 37.7 Å². The van der Waals surface area contributed by atoms with Crippen molar-refractivity contribution in [1.82, 2.24) is 5.16 Å². The van der Waals surface area contributed by atoms with E-state index in [1.807, 2.05) is 6.07 Å². The molecule has 1 saturated carbocycles. The molecule has 1 unspecified atom stereocenters. The number of halogens is 1. The largest absolute Gasteiger partial charge is 0.360 e. The minimum Gasteiger partial charge on any atom is -0.360 e. The van der Waals surface area contributed by atoms with Crippen molar-refractivity contribution in [1.29, 1.82) is 0 Å². The third kappa shape index (κ3) is 2.90. The van der Waals surface area contributed by atoms with Crippen molar-refractivity contribution in [3.8, 4) is 0 Å². The van der Waals surface area contributed by atoms with Crippen molar-refractivity contribution < 1.29 is 4.52 Å². The maximum atomic E-state index is 5.84. The van der Waals surface area contributed by atoms with Gasteiger partial charge in [-0.2, -0.15) is 0 Å². The number of rotatable bonds is 4. The highest BCUT2D eigenvalue weighted by Gasteiger charge is 2.28. The van der Waals surface area contributed by atoms with Gasteiger partial charge in [0.2, 0.25) is 0 Å². The van der Waals surface area contributed by atoms with Crippen molar-refractivity contribution in [2.75, 3.05) is 0 Å². The molecule has 2 aromatic rings. The molecule has 0 saturated heterocycles. The zero-order valence-electron chi connectivity index (χ0n) is 11.6. The van der Waals surface area contributed by atoms with Crippen LogP contribution in [0.3, 0.4) is 0 Å². The predicted octanol–water partition coefficient (Wildman–Crippen LogP) is 5.13. The lowest BCUT2D eigenvalue weighted by Gasteiger charge is -2.29. The number of alkyl halides is 1. The Morgan fingerprint density at radius 1 is 1.15 bits per heavy atom. The second kappa shape index (κ2) is 6.45. The SMILES string of the molecule is ClCc1cc(C(c2ccccc2)C2CCCCC2)no1. The topological polar surface area (TPSA) is 26.0 Å². The number of hydrogen-bond donors (Lipinski definition) is 0. The van der Waals surface area contributed by atoms with Crippen LogP contribution in [0.1, 0.15) is 55.0 Å². The van der Waals surface area contributed by atoms with Gasteiger partial charge < -0.3 is 4.52 Å². The van der Waals surface area contributed by atoms with Crippen molar-refractivity contribution >= 4 is 11.6 Å². The Labute approximate surface area is 125 Å². The van der Waals surface area contributed by atoms with Crippen LogP contribution in [0.25, 0.3) is 0 Å². The van der Waals surface area contributed by atoms with Crippen molar-refractivity contribution in [2.24, 2.45) is 5.92 Å². The maximum absolute atomic E-state index is 5.84. The molecule has 106 valence electrons. The summed E-state index contributed by atoms with van der Waals surface area (Å²) in [5, 5.41) is 4.28. The van der Waals surface area contributed by atoms with E-state index >= 15 is 0 Å². The standard InChI is InChI=1S/C17H20ClNO/c18-12-15-11-16(19-20-15)17(13-7-3-1-4-8-13)14-9-5-2-6-10-14/h1,3-4,7-8,11,14,17H,2,5-6,9-10,12H2. The van der Waals surface area contributed by atoms with Gasteiger partial charge in [-0.05, 0) is 24.3 Å². The monoisotopic (exact) mass is 289 g/mol. The molecule has 0 amide bonds. The normalized spacial score (nSPS) is 18.1. The van der Waals surface area contributed by atoms with E-state index in [-0.39, 0.29) is 0 Å². The Kier molecular flexibility index (Phi) is 4.41. The molecule has 1 aromatic heterocycles. The second-order valence-electron chi connectivity index (χ2n) is 5.64. The average molecular weight is 290 g/mol. The Hall–Kier alpha value is -1.28. The summed E-state index contributed by atoms with van der Waals surface area (Å²) in [7, 11) is 0. The molecule has 0 spiro atoms. The lowest BCUT2D eigenvalue weighted by Crippen LogP contribution is -2.17. The summed E-state index contributed by atoms with van der Waals surface area (Å²) in [6, 6.07) is 12.7. The van der Waals surface area contributed by atoms with Crippen LogP contribution in [0.2, 0.25) is 0 Å². The molecule has 1 heterocycles.